The van der Waals surface area contributed by atoms with Crippen molar-refractivity contribution in [1.82, 2.24) is 0 Å². The average molecular weight is 346 g/mol. The summed E-state index contributed by atoms with van der Waals surface area (Å²) >= 11 is 0. The molecule has 138 valence electrons. The normalized spacial score (nSPS) is 14.3. The summed E-state index contributed by atoms with van der Waals surface area (Å²) in [7, 11) is 0. The minimum Gasteiger partial charge on any atom is -0.494 e. The Kier molecular flexibility index (Phi) is 9.13. The minimum atomic E-state index is 0.144. The molecule has 4 heteroatoms. The Morgan fingerprint density at radius 2 is 1.84 bits per heavy atom. The third kappa shape index (κ3) is 7.30. The molecule has 4 nitrogen and oxygen atoms in total. The molecule has 2 rings (SSSR count). The van der Waals surface area contributed by atoms with Gasteiger partial charge in [0.1, 0.15) is 12.4 Å². The van der Waals surface area contributed by atoms with Crippen LogP contribution in [0.2, 0.25) is 0 Å². The molecule has 0 unspecified atom stereocenters. The third-order valence-corrected chi connectivity index (χ3v) is 4.36. The zero-order chi connectivity index (χ0) is 17.7. The number of ether oxygens (including phenoxy) is 2. The van der Waals surface area contributed by atoms with Crippen molar-refractivity contribution < 1.29 is 19.2 Å². The highest BCUT2D eigenvalue weighted by atomic mass is 16.5. The summed E-state index contributed by atoms with van der Waals surface area (Å²) in [5, 5.41) is 9.05. The SMILES string of the molecule is CCCCCCCCOc1ccc(/C=C/C2=[N+](CCO)CCO2)cc1. The molecule has 0 amide bonds. The van der Waals surface area contributed by atoms with Gasteiger partial charge in [-0.25, -0.2) is 0 Å². The summed E-state index contributed by atoms with van der Waals surface area (Å²) in [4.78, 5) is 0. The standard InChI is InChI=1S/C21H32NO3/c1-2-3-4-5-6-7-17-24-20-11-8-19(9-12-20)10-13-21-22(14-16-23)15-18-25-21/h8-13,23H,2-7,14-18H2,1H3/q+1/b13-10+. The first kappa shape index (κ1) is 19.5. The Morgan fingerprint density at radius 3 is 2.60 bits per heavy atom. The molecule has 0 bridgehead atoms. The molecule has 0 radical (unpaired) electrons. The van der Waals surface area contributed by atoms with Crippen molar-refractivity contribution in [3.63, 3.8) is 0 Å². The summed E-state index contributed by atoms with van der Waals surface area (Å²) in [6, 6.07) is 8.14. The van der Waals surface area contributed by atoms with E-state index in [1.54, 1.807) is 0 Å². The summed E-state index contributed by atoms with van der Waals surface area (Å²) in [6.07, 6.45) is 11.7. The first-order chi connectivity index (χ1) is 12.3. The third-order valence-electron chi connectivity index (χ3n) is 4.36. The van der Waals surface area contributed by atoms with E-state index in [2.05, 4.69) is 23.6 Å². The second-order valence-electron chi connectivity index (χ2n) is 6.42. The van der Waals surface area contributed by atoms with Gasteiger partial charge < -0.3 is 14.6 Å². The van der Waals surface area contributed by atoms with Crippen LogP contribution in [-0.2, 0) is 4.74 Å². The van der Waals surface area contributed by atoms with Gasteiger partial charge in [-0.15, -0.1) is 0 Å². The Labute approximate surface area is 151 Å². The number of rotatable bonds is 12. The smallest absolute Gasteiger partial charge is 0.362 e. The topological polar surface area (TPSA) is 41.7 Å². The number of aliphatic hydroxyl groups excluding tert-OH is 1. The van der Waals surface area contributed by atoms with Crippen LogP contribution in [0, 0.1) is 0 Å². The van der Waals surface area contributed by atoms with Crippen LogP contribution in [0.15, 0.2) is 30.3 Å². The molecular formula is C21H32NO3+. The maximum atomic E-state index is 9.05. The summed E-state index contributed by atoms with van der Waals surface area (Å²) in [5.74, 6) is 1.76. The van der Waals surface area contributed by atoms with Gasteiger partial charge in [-0.1, -0.05) is 51.2 Å². The van der Waals surface area contributed by atoms with Crippen molar-refractivity contribution >= 4 is 12.0 Å². The number of unbranched alkanes of at least 4 members (excludes halogenated alkanes) is 5. The largest absolute Gasteiger partial charge is 0.494 e. The fraction of sp³-hybridized carbons (Fsp3) is 0.571. The predicted octanol–water partition coefficient (Wildman–Crippen LogP) is 3.87. The van der Waals surface area contributed by atoms with E-state index >= 15 is 0 Å². The molecule has 1 aliphatic rings. The number of benzene rings is 1. The van der Waals surface area contributed by atoms with Gasteiger partial charge >= 0.3 is 5.90 Å². The van der Waals surface area contributed by atoms with E-state index in [0.29, 0.717) is 13.2 Å². The van der Waals surface area contributed by atoms with Crippen molar-refractivity contribution in [3.8, 4) is 5.75 Å². The first-order valence-corrected chi connectivity index (χ1v) is 9.60. The Morgan fingerprint density at radius 1 is 1.08 bits per heavy atom. The van der Waals surface area contributed by atoms with Crippen molar-refractivity contribution in [2.24, 2.45) is 0 Å². The highest BCUT2D eigenvalue weighted by Crippen LogP contribution is 2.14. The van der Waals surface area contributed by atoms with Gasteiger partial charge in [0.2, 0.25) is 0 Å². The highest BCUT2D eigenvalue weighted by Gasteiger charge is 2.20. The van der Waals surface area contributed by atoms with Crippen LogP contribution in [0.4, 0.5) is 0 Å². The summed E-state index contributed by atoms with van der Waals surface area (Å²) in [5.41, 5.74) is 1.11. The van der Waals surface area contributed by atoms with E-state index in [4.69, 9.17) is 14.6 Å². The van der Waals surface area contributed by atoms with E-state index in [0.717, 1.165) is 36.8 Å². The Balaban J connectivity index is 1.72. The monoisotopic (exact) mass is 346 g/mol. The molecule has 1 N–H and O–H groups in total. The first-order valence-electron chi connectivity index (χ1n) is 9.60. The molecular weight excluding hydrogens is 314 g/mol. The predicted molar refractivity (Wildman–Crippen MR) is 102 cm³/mol. The van der Waals surface area contributed by atoms with Gasteiger partial charge in [0.25, 0.3) is 0 Å². The Hall–Kier alpha value is -1.81. The molecule has 1 heterocycles. The van der Waals surface area contributed by atoms with Gasteiger partial charge in [-0.3, -0.25) is 0 Å². The van der Waals surface area contributed by atoms with Crippen LogP contribution in [-0.4, -0.2) is 48.5 Å². The zero-order valence-electron chi connectivity index (χ0n) is 15.5. The highest BCUT2D eigenvalue weighted by molar-refractivity contribution is 5.88. The molecule has 1 aliphatic heterocycles. The molecule has 0 saturated heterocycles. The molecule has 1 aromatic rings. The lowest BCUT2D eigenvalue weighted by Crippen LogP contribution is -2.18. The van der Waals surface area contributed by atoms with Crippen LogP contribution < -0.4 is 4.74 Å². The lowest BCUT2D eigenvalue weighted by atomic mass is 10.1. The molecule has 0 saturated carbocycles. The molecule has 25 heavy (non-hydrogen) atoms. The van der Waals surface area contributed by atoms with Crippen LogP contribution in [0.3, 0.4) is 0 Å². The van der Waals surface area contributed by atoms with Crippen molar-refractivity contribution in [1.29, 1.82) is 0 Å². The lowest BCUT2D eigenvalue weighted by Gasteiger charge is -2.06. The van der Waals surface area contributed by atoms with Crippen molar-refractivity contribution in [2.75, 3.05) is 32.9 Å². The van der Waals surface area contributed by atoms with Gasteiger partial charge in [-0.05, 0) is 30.2 Å². The number of aliphatic hydroxyl groups is 1. The van der Waals surface area contributed by atoms with Crippen molar-refractivity contribution in [3.05, 3.63) is 35.9 Å². The van der Waals surface area contributed by atoms with Gasteiger partial charge in [-0.2, -0.15) is 4.58 Å². The molecule has 0 spiro atoms. The number of β-amino-alcohol motifs (C(OH)–C–C–N with tert-alkyl or cyclic N) is 1. The van der Waals surface area contributed by atoms with Gasteiger partial charge in [0.05, 0.1) is 12.7 Å². The van der Waals surface area contributed by atoms with Gasteiger partial charge in [0, 0.05) is 0 Å². The van der Waals surface area contributed by atoms with E-state index in [1.165, 1.54) is 32.1 Å². The van der Waals surface area contributed by atoms with E-state index in [9.17, 15) is 0 Å². The molecule has 0 fully saturated rings. The van der Waals surface area contributed by atoms with Gasteiger partial charge in [0.15, 0.2) is 19.7 Å². The Bertz CT molecular complexity index is 549. The second-order valence-corrected chi connectivity index (χ2v) is 6.42. The van der Waals surface area contributed by atoms with Crippen LogP contribution in [0.25, 0.3) is 6.08 Å². The number of hydrogen-bond donors (Lipinski definition) is 1. The van der Waals surface area contributed by atoms with E-state index < -0.39 is 0 Å². The van der Waals surface area contributed by atoms with Crippen LogP contribution >= 0.6 is 0 Å². The van der Waals surface area contributed by atoms with Crippen LogP contribution in [0.5, 0.6) is 5.75 Å². The second kappa shape index (κ2) is 11.7. The van der Waals surface area contributed by atoms with Crippen molar-refractivity contribution in [2.45, 2.75) is 45.4 Å². The number of nitrogens with zero attached hydrogens (tertiary/aromatic N) is 1. The fourth-order valence-electron chi connectivity index (χ4n) is 2.87. The molecule has 0 aromatic heterocycles. The quantitative estimate of drug-likeness (QED) is 0.461. The average Bonchev–Trinajstić information content (AvgIpc) is 3.08. The summed E-state index contributed by atoms with van der Waals surface area (Å²) in [6.45, 7) is 5.32. The molecule has 0 aliphatic carbocycles. The lowest BCUT2D eigenvalue weighted by molar-refractivity contribution is -0.519. The molecule has 0 atom stereocenters. The van der Waals surface area contributed by atoms with E-state index in [-0.39, 0.29) is 6.61 Å². The zero-order valence-corrected chi connectivity index (χ0v) is 15.5. The minimum absolute atomic E-state index is 0.144. The molecule has 1 aromatic carbocycles. The summed E-state index contributed by atoms with van der Waals surface area (Å²) < 4.78 is 13.4. The van der Waals surface area contributed by atoms with E-state index in [1.807, 2.05) is 24.3 Å². The number of hydrogen-bond acceptors (Lipinski definition) is 3. The maximum Gasteiger partial charge on any atom is 0.362 e. The fourth-order valence-corrected chi connectivity index (χ4v) is 2.87. The van der Waals surface area contributed by atoms with Crippen LogP contribution in [0.1, 0.15) is 51.0 Å². The maximum absolute atomic E-state index is 9.05.